The Morgan fingerprint density at radius 3 is 2.79 bits per heavy atom. The third kappa shape index (κ3) is 5.49. The van der Waals surface area contributed by atoms with E-state index in [1.165, 1.54) is 24.2 Å². The van der Waals surface area contributed by atoms with Crippen LogP contribution in [0.5, 0.6) is 0 Å². The molecule has 0 saturated carbocycles. The number of thiazole rings is 1. The van der Waals surface area contributed by atoms with Gasteiger partial charge in [0.05, 0.1) is 5.69 Å². The number of piperidine rings is 1. The number of carbonyl (C=O) groups is 1. The quantitative estimate of drug-likeness (QED) is 0.572. The molecule has 0 aliphatic carbocycles. The van der Waals surface area contributed by atoms with Crippen molar-refractivity contribution < 1.29 is 18.0 Å². The fraction of sp³-hybridized carbons (Fsp3) is 0.571. The first-order chi connectivity index (χ1) is 15.6. The van der Waals surface area contributed by atoms with E-state index in [-0.39, 0.29) is 18.1 Å². The van der Waals surface area contributed by atoms with E-state index < -0.39 is 12.0 Å². The van der Waals surface area contributed by atoms with Crippen molar-refractivity contribution in [2.75, 3.05) is 18.4 Å². The number of likely N-dealkylation sites (tertiary alicyclic amines) is 1. The molecule has 1 saturated heterocycles. The van der Waals surface area contributed by atoms with Gasteiger partial charge in [0.25, 0.3) is 11.6 Å². The standard InChI is InChI=1S/C21H26F3N7OS/c1-12-5-4-8-30(9-12)10-15-11-33-20(26-15)27-17(32)7-6-16-13(2)25-19-28-18(21(22,23)24)29-31(19)14(16)3/h11-12H,4-10H2,1-3H3,(H,26,27,32)/t12-/m1/s1. The highest BCUT2D eigenvalue weighted by Gasteiger charge is 2.37. The number of carbonyl (C=O) groups excluding carboxylic acids is 1. The third-order valence-electron chi connectivity index (χ3n) is 5.83. The normalized spacial score (nSPS) is 17.6. The van der Waals surface area contributed by atoms with Gasteiger partial charge in [-0.1, -0.05) is 6.92 Å². The highest BCUT2D eigenvalue weighted by molar-refractivity contribution is 7.13. The van der Waals surface area contributed by atoms with Crippen molar-refractivity contribution >= 4 is 28.2 Å². The molecule has 1 amide bonds. The monoisotopic (exact) mass is 481 g/mol. The Morgan fingerprint density at radius 1 is 1.27 bits per heavy atom. The van der Waals surface area contributed by atoms with Gasteiger partial charge in [0.2, 0.25) is 5.91 Å². The first-order valence-corrected chi connectivity index (χ1v) is 11.7. The van der Waals surface area contributed by atoms with Gasteiger partial charge in [-0.2, -0.15) is 18.2 Å². The topological polar surface area (TPSA) is 88.3 Å². The van der Waals surface area contributed by atoms with Gasteiger partial charge in [-0.15, -0.1) is 16.4 Å². The first-order valence-electron chi connectivity index (χ1n) is 10.9. The Hall–Kier alpha value is -2.60. The average molecular weight is 482 g/mol. The zero-order valence-corrected chi connectivity index (χ0v) is 19.6. The Kier molecular flexibility index (Phi) is 6.66. The Bertz CT molecular complexity index is 1160. The van der Waals surface area contributed by atoms with Crippen LogP contribution in [0.3, 0.4) is 0 Å². The number of halogens is 3. The van der Waals surface area contributed by atoms with Gasteiger partial charge < -0.3 is 5.32 Å². The number of amides is 1. The van der Waals surface area contributed by atoms with Crippen LogP contribution in [0.25, 0.3) is 5.78 Å². The number of anilines is 1. The maximum atomic E-state index is 12.9. The van der Waals surface area contributed by atoms with Crippen molar-refractivity contribution in [3.8, 4) is 0 Å². The lowest BCUT2D eigenvalue weighted by Gasteiger charge is -2.30. The van der Waals surface area contributed by atoms with E-state index in [1.807, 2.05) is 5.38 Å². The maximum absolute atomic E-state index is 12.9. The van der Waals surface area contributed by atoms with Crippen LogP contribution >= 0.6 is 11.3 Å². The lowest BCUT2D eigenvalue weighted by Crippen LogP contribution is -2.33. The summed E-state index contributed by atoms with van der Waals surface area (Å²) in [6.07, 6.45) is -1.73. The van der Waals surface area contributed by atoms with Crippen molar-refractivity contribution in [3.63, 3.8) is 0 Å². The van der Waals surface area contributed by atoms with Crippen LogP contribution in [0.2, 0.25) is 0 Å². The van der Waals surface area contributed by atoms with Gasteiger partial charge in [0, 0.05) is 36.3 Å². The van der Waals surface area contributed by atoms with Crippen LogP contribution in [0, 0.1) is 19.8 Å². The molecule has 178 valence electrons. The molecular formula is C21H26F3N7OS. The molecule has 1 fully saturated rings. The number of hydrogen-bond donors (Lipinski definition) is 1. The summed E-state index contributed by atoms with van der Waals surface area (Å²) in [5, 5.41) is 8.88. The molecule has 0 unspecified atom stereocenters. The van der Waals surface area contributed by atoms with E-state index in [0.29, 0.717) is 34.4 Å². The molecule has 33 heavy (non-hydrogen) atoms. The minimum absolute atomic E-state index is 0.107. The summed E-state index contributed by atoms with van der Waals surface area (Å²) in [5.74, 6) is -0.861. The molecule has 0 aromatic carbocycles. The van der Waals surface area contributed by atoms with Crippen LogP contribution in [0.1, 0.15) is 54.7 Å². The van der Waals surface area contributed by atoms with Crippen LogP contribution in [-0.2, 0) is 23.9 Å². The van der Waals surface area contributed by atoms with E-state index in [0.717, 1.165) is 29.8 Å². The summed E-state index contributed by atoms with van der Waals surface area (Å²) < 4.78 is 39.9. The third-order valence-corrected chi connectivity index (χ3v) is 6.64. The average Bonchev–Trinajstić information content (AvgIpc) is 3.34. The fourth-order valence-electron chi connectivity index (χ4n) is 4.21. The van der Waals surface area contributed by atoms with Gasteiger partial charge in [-0.3, -0.25) is 9.69 Å². The second kappa shape index (κ2) is 9.34. The number of aromatic nitrogens is 5. The predicted octanol–water partition coefficient (Wildman–Crippen LogP) is 4.02. The van der Waals surface area contributed by atoms with Crippen LogP contribution in [0.4, 0.5) is 18.3 Å². The summed E-state index contributed by atoms with van der Waals surface area (Å²) in [4.78, 5) is 27.0. The summed E-state index contributed by atoms with van der Waals surface area (Å²) in [6.45, 7) is 8.50. The molecule has 4 rings (SSSR count). The number of nitrogens with one attached hydrogen (secondary N) is 1. The molecule has 0 radical (unpaired) electrons. The lowest BCUT2D eigenvalue weighted by atomic mass is 10.0. The van der Waals surface area contributed by atoms with E-state index in [4.69, 9.17) is 0 Å². The predicted molar refractivity (Wildman–Crippen MR) is 118 cm³/mol. The zero-order valence-electron chi connectivity index (χ0n) is 18.7. The molecule has 4 heterocycles. The lowest BCUT2D eigenvalue weighted by molar-refractivity contribution is -0.144. The second-order valence-corrected chi connectivity index (χ2v) is 9.44. The summed E-state index contributed by atoms with van der Waals surface area (Å²) in [7, 11) is 0. The van der Waals surface area contributed by atoms with Crippen LogP contribution < -0.4 is 5.32 Å². The van der Waals surface area contributed by atoms with Crippen molar-refractivity contribution in [2.24, 2.45) is 5.92 Å². The van der Waals surface area contributed by atoms with E-state index in [9.17, 15) is 18.0 Å². The molecule has 0 spiro atoms. The molecular weight excluding hydrogens is 455 g/mol. The number of hydrogen-bond acceptors (Lipinski definition) is 7. The highest BCUT2D eigenvalue weighted by atomic mass is 32.1. The molecule has 12 heteroatoms. The zero-order chi connectivity index (χ0) is 23.8. The number of alkyl halides is 3. The van der Waals surface area contributed by atoms with Gasteiger partial charge in [-0.25, -0.2) is 14.5 Å². The van der Waals surface area contributed by atoms with E-state index in [2.05, 4.69) is 37.2 Å². The summed E-state index contributed by atoms with van der Waals surface area (Å²) in [5.41, 5.74) is 2.63. The molecule has 8 nitrogen and oxygen atoms in total. The number of nitrogens with zero attached hydrogens (tertiary/aromatic N) is 6. The number of aryl methyl sites for hydroxylation is 2. The molecule has 1 aliphatic heterocycles. The Labute approximate surface area is 193 Å². The van der Waals surface area contributed by atoms with Crippen molar-refractivity contribution in [2.45, 2.75) is 59.2 Å². The fourth-order valence-corrected chi connectivity index (χ4v) is 4.92. The minimum atomic E-state index is -4.65. The molecule has 0 bridgehead atoms. The SMILES string of the molecule is Cc1nc2nc(C(F)(F)F)nn2c(C)c1CCC(=O)Nc1nc(CN2CCC[C@@H](C)C2)cs1. The van der Waals surface area contributed by atoms with E-state index >= 15 is 0 Å². The molecule has 1 aliphatic rings. The first kappa shape index (κ1) is 23.6. The molecule has 3 aromatic rings. The summed E-state index contributed by atoms with van der Waals surface area (Å²) >= 11 is 1.39. The second-order valence-electron chi connectivity index (χ2n) is 8.58. The summed E-state index contributed by atoms with van der Waals surface area (Å²) in [6, 6.07) is 0. The molecule has 1 N–H and O–H groups in total. The Balaban J connectivity index is 1.37. The largest absolute Gasteiger partial charge is 0.453 e. The molecule has 3 aromatic heterocycles. The van der Waals surface area contributed by atoms with Crippen LogP contribution in [0.15, 0.2) is 5.38 Å². The highest BCUT2D eigenvalue weighted by Crippen LogP contribution is 2.27. The maximum Gasteiger partial charge on any atom is 0.453 e. The van der Waals surface area contributed by atoms with Gasteiger partial charge in [0.1, 0.15) is 0 Å². The smallest absolute Gasteiger partial charge is 0.302 e. The van der Waals surface area contributed by atoms with Gasteiger partial charge >= 0.3 is 6.18 Å². The molecule has 1 atom stereocenters. The van der Waals surface area contributed by atoms with Crippen molar-refractivity contribution in [1.29, 1.82) is 0 Å². The van der Waals surface area contributed by atoms with Crippen molar-refractivity contribution in [3.05, 3.63) is 33.8 Å². The van der Waals surface area contributed by atoms with Crippen LogP contribution in [-0.4, -0.2) is 48.5 Å². The van der Waals surface area contributed by atoms with E-state index in [1.54, 1.807) is 13.8 Å². The number of rotatable bonds is 6. The van der Waals surface area contributed by atoms with Gasteiger partial charge in [-0.05, 0) is 51.1 Å². The van der Waals surface area contributed by atoms with Gasteiger partial charge in [0.15, 0.2) is 5.13 Å². The number of fused-ring (bicyclic) bond motifs is 1. The minimum Gasteiger partial charge on any atom is -0.302 e. The van der Waals surface area contributed by atoms with Crippen molar-refractivity contribution in [1.82, 2.24) is 29.5 Å². The Morgan fingerprint density at radius 2 is 2.06 bits per heavy atom.